The minimum absolute atomic E-state index is 0.0880. The van der Waals surface area contributed by atoms with Gasteiger partial charge in [-0.1, -0.05) is 0 Å². The van der Waals surface area contributed by atoms with Crippen molar-refractivity contribution in [3.8, 4) is 0 Å². The van der Waals surface area contributed by atoms with Crippen LogP contribution in [0, 0.1) is 7.05 Å². The van der Waals surface area contributed by atoms with Crippen molar-refractivity contribution in [2.24, 2.45) is 0 Å². The van der Waals surface area contributed by atoms with Gasteiger partial charge < -0.3 is 4.74 Å². The Morgan fingerprint density at radius 1 is 1.86 bits per heavy atom. The molecule has 2 nitrogen and oxygen atoms in total. The smallest absolute Gasteiger partial charge is 0.105 e. The number of rotatable bonds is 3. The first kappa shape index (κ1) is 6.92. The topological polar surface area (TPSA) is 21.3 Å². The summed E-state index contributed by atoms with van der Waals surface area (Å²) in [5, 5.41) is 2.69. The second kappa shape index (κ2) is 4.09. The van der Waals surface area contributed by atoms with Gasteiger partial charge in [0.1, 0.15) is 6.23 Å². The molecule has 0 saturated heterocycles. The van der Waals surface area contributed by atoms with Crippen molar-refractivity contribution in [2.45, 2.75) is 20.1 Å². The molecule has 0 aliphatic heterocycles. The first-order chi connectivity index (χ1) is 3.31. The summed E-state index contributed by atoms with van der Waals surface area (Å²) in [5.41, 5.74) is 0. The van der Waals surface area contributed by atoms with E-state index in [0.717, 1.165) is 6.61 Å². The minimum Gasteiger partial charge on any atom is -0.364 e. The van der Waals surface area contributed by atoms with Crippen LogP contribution in [0.15, 0.2) is 0 Å². The normalized spacial score (nSPS) is 14.1. The van der Waals surface area contributed by atoms with Crippen LogP contribution in [0.5, 0.6) is 0 Å². The van der Waals surface area contributed by atoms with Gasteiger partial charge in [-0.25, -0.2) is 0 Å². The van der Waals surface area contributed by atoms with E-state index in [-0.39, 0.29) is 6.23 Å². The molecule has 0 saturated carbocycles. The molecule has 1 N–H and O–H groups in total. The molecule has 0 aromatic carbocycles. The summed E-state index contributed by atoms with van der Waals surface area (Å²) in [6.45, 7) is 4.61. The van der Waals surface area contributed by atoms with E-state index in [2.05, 4.69) is 12.4 Å². The predicted molar refractivity (Wildman–Crippen MR) is 29.6 cm³/mol. The van der Waals surface area contributed by atoms with Gasteiger partial charge in [0.05, 0.1) is 0 Å². The Labute approximate surface area is 44.9 Å². The molecule has 1 atom stereocenters. The average Bonchev–Trinajstić information content (AvgIpc) is 1.68. The molecule has 0 aliphatic rings. The molecule has 0 heterocycles. The molecule has 1 radical (unpaired) electrons. The lowest BCUT2D eigenvalue weighted by Gasteiger charge is -2.07. The maximum absolute atomic E-state index is 5.02. The molecule has 0 bridgehead atoms. The fraction of sp³-hybridized carbons (Fsp3) is 0.800. The van der Waals surface area contributed by atoms with Crippen LogP contribution in [0.2, 0.25) is 0 Å². The molecule has 1 unspecified atom stereocenters. The van der Waals surface area contributed by atoms with E-state index >= 15 is 0 Å². The molecular formula is C5H12NO. The zero-order valence-corrected chi connectivity index (χ0v) is 4.90. The van der Waals surface area contributed by atoms with Crippen LogP contribution in [0.1, 0.15) is 13.8 Å². The van der Waals surface area contributed by atoms with Crippen LogP contribution < -0.4 is 5.32 Å². The van der Waals surface area contributed by atoms with Crippen LogP contribution >= 0.6 is 0 Å². The highest BCUT2D eigenvalue weighted by Gasteiger charge is 1.90. The summed E-state index contributed by atoms with van der Waals surface area (Å²) in [4.78, 5) is 0. The fourth-order valence-electron chi connectivity index (χ4n) is 0.309. The van der Waals surface area contributed by atoms with Crippen molar-refractivity contribution in [1.82, 2.24) is 5.32 Å². The maximum atomic E-state index is 5.02. The van der Waals surface area contributed by atoms with Gasteiger partial charge in [-0.05, 0) is 13.8 Å². The third-order valence-corrected chi connectivity index (χ3v) is 0.704. The summed E-state index contributed by atoms with van der Waals surface area (Å²) < 4.78 is 5.02. The standard InChI is InChI=1S/C5H12NO/c1-4-7-5(2)6-3/h5-6H,3-4H2,1-2H3. The third-order valence-electron chi connectivity index (χ3n) is 0.704. The highest BCUT2D eigenvalue weighted by Crippen LogP contribution is 1.80. The molecule has 43 valence electrons. The third kappa shape index (κ3) is 3.76. The lowest BCUT2D eigenvalue weighted by molar-refractivity contribution is 0.0614. The molecule has 0 amide bonds. The van der Waals surface area contributed by atoms with E-state index in [1.807, 2.05) is 13.8 Å². The van der Waals surface area contributed by atoms with E-state index in [4.69, 9.17) is 4.74 Å². The second-order valence-corrected chi connectivity index (χ2v) is 1.30. The molecule has 0 aromatic heterocycles. The highest BCUT2D eigenvalue weighted by molar-refractivity contribution is 4.40. The van der Waals surface area contributed by atoms with Crippen LogP contribution in [-0.2, 0) is 4.74 Å². The molecule has 0 spiro atoms. The summed E-state index contributed by atoms with van der Waals surface area (Å²) in [6.07, 6.45) is 0.0880. The number of nitrogens with one attached hydrogen (secondary N) is 1. The Morgan fingerprint density at radius 2 is 2.43 bits per heavy atom. The van der Waals surface area contributed by atoms with Crippen molar-refractivity contribution in [3.63, 3.8) is 0 Å². The van der Waals surface area contributed by atoms with Crippen LogP contribution in [0.4, 0.5) is 0 Å². The van der Waals surface area contributed by atoms with Crippen LogP contribution in [0.25, 0.3) is 0 Å². The van der Waals surface area contributed by atoms with Gasteiger partial charge in [0.2, 0.25) is 0 Å². The Morgan fingerprint density at radius 3 is 2.57 bits per heavy atom. The molecule has 0 aromatic rings. The predicted octanol–water partition coefficient (Wildman–Crippen LogP) is 0.750. The first-order valence-electron chi connectivity index (χ1n) is 2.45. The van der Waals surface area contributed by atoms with Gasteiger partial charge in [-0.2, -0.15) is 0 Å². The summed E-state index contributed by atoms with van der Waals surface area (Å²) >= 11 is 0. The van der Waals surface area contributed by atoms with Crippen molar-refractivity contribution in [2.75, 3.05) is 6.61 Å². The van der Waals surface area contributed by atoms with E-state index < -0.39 is 0 Å². The van der Waals surface area contributed by atoms with Crippen LogP contribution in [-0.4, -0.2) is 12.8 Å². The quantitative estimate of drug-likeness (QED) is 0.531. The Balaban J connectivity index is 2.83. The van der Waals surface area contributed by atoms with E-state index in [0.29, 0.717) is 0 Å². The van der Waals surface area contributed by atoms with E-state index in [1.54, 1.807) is 0 Å². The molecule has 0 fully saturated rings. The molecule has 7 heavy (non-hydrogen) atoms. The van der Waals surface area contributed by atoms with Gasteiger partial charge in [-0.15, -0.1) is 0 Å². The Bertz CT molecular complexity index is 39.1. The Hall–Kier alpha value is -0.0800. The van der Waals surface area contributed by atoms with Gasteiger partial charge in [0, 0.05) is 13.7 Å². The molecule has 2 heteroatoms. The van der Waals surface area contributed by atoms with Crippen molar-refractivity contribution in [1.29, 1.82) is 0 Å². The first-order valence-corrected chi connectivity index (χ1v) is 2.45. The largest absolute Gasteiger partial charge is 0.364 e. The maximum Gasteiger partial charge on any atom is 0.105 e. The molecule has 0 rings (SSSR count). The summed E-state index contributed by atoms with van der Waals surface area (Å²) in [7, 11) is 3.43. The monoisotopic (exact) mass is 102 g/mol. The van der Waals surface area contributed by atoms with E-state index in [9.17, 15) is 0 Å². The van der Waals surface area contributed by atoms with Crippen LogP contribution in [0.3, 0.4) is 0 Å². The molecule has 0 aliphatic carbocycles. The average molecular weight is 102 g/mol. The molecular weight excluding hydrogens is 90.1 g/mol. The Kier molecular flexibility index (Phi) is 4.04. The van der Waals surface area contributed by atoms with E-state index in [1.165, 1.54) is 0 Å². The lowest BCUT2D eigenvalue weighted by atomic mass is 10.6. The van der Waals surface area contributed by atoms with Gasteiger partial charge >= 0.3 is 0 Å². The second-order valence-electron chi connectivity index (χ2n) is 1.30. The zero-order chi connectivity index (χ0) is 5.70. The van der Waals surface area contributed by atoms with Gasteiger partial charge in [0.25, 0.3) is 0 Å². The van der Waals surface area contributed by atoms with Crippen molar-refractivity contribution >= 4 is 0 Å². The van der Waals surface area contributed by atoms with Gasteiger partial charge in [-0.3, -0.25) is 5.32 Å². The van der Waals surface area contributed by atoms with Crippen molar-refractivity contribution in [3.05, 3.63) is 7.05 Å². The summed E-state index contributed by atoms with van der Waals surface area (Å²) in [5.74, 6) is 0. The minimum atomic E-state index is 0.0880. The number of hydrogen-bond donors (Lipinski definition) is 1. The SMILES string of the molecule is [CH2]NC(C)OCC. The number of ether oxygens (including phenoxy) is 1. The van der Waals surface area contributed by atoms with Crippen molar-refractivity contribution < 1.29 is 4.74 Å². The highest BCUT2D eigenvalue weighted by atomic mass is 16.5. The van der Waals surface area contributed by atoms with Gasteiger partial charge in [0.15, 0.2) is 0 Å². The fourth-order valence-corrected chi connectivity index (χ4v) is 0.309. The lowest BCUT2D eigenvalue weighted by Crippen LogP contribution is -2.22. The zero-order valence-electron chi connectivity index (χ0n) is 4.90. The number of hydrogen-bond acceptors (Lipinski definition) is 2. The summed E-state index contributed by atoms with van der Waals surface area (Å²) in [6, 6.07) is 0.